The fourth-order valence-electron chi connectivity index (χ4n) is 3.28. The maximum Gasteiger partial charge on any atom is 0.342 e. The fourth-order valence-corrected chi connectivity index (χ4v) is 4.81. The number of phenols is 1. The van der Waals surface area contributed by atoms with Crippen LogP contribution >= 0.6 is 11.6 Å². The lowest BCUT2D eigenvalue weighted by atomic mass is 9.90. The molecule has 1 aliphatic rings. The van der Waals surface area contributed by atoms with Gasteiger partial charge in [-0.15, -0.1) is 6.42 Å². The first-order chi connectivity index (χ1) is 12.9. The molecule has 28 heavy (non-hydrogen) atoms. The number of allylic oxidation sites excluding steroid dienone is 2. The lowest BCUT2D eigenvalue weighted by molar-refractivity contribution is -0.137. The van der Waals surface area contributed by atoms with Gasteiger partial charge in [-0.05, 0) is 18.9 Å². The molecule has 1 aliphatic heterocycles. The zero-order valence-electron chi connectivity index (χ0n) is 15.4. The third-order valence-corrected chi connectivity index (χ3v) is 6.78. The zero-order valence-corrected chi connectivity index (χ0v) is 17.0. The summed E-state index contributed by atoms with van der Waals surface area (Å²) in [7, 11) is -3.90. The van der Waals surface area contributed by atoms with Crippen molar-refractivity contribution in [3.05, 3.63) is 38.9 Å². The van der Waals surface area contributed by atoms with E-state index in [1.54, 1.807) is 6.92 Å². The van der Waals surface area contributed by atoms with Gasteiger partial charge < -0.3 is 14.9 Å². The van der Waals surface area contributed by atoms with Crippen LogP contribution in [0.25, 0.3) is 0 Å². The van der Waals surface area contributed by atoms with E-state index in [0.29, 0.717) is 16.7 Å². The smallest absolute Gasteiger partial charge is 0.342 e. The Morgan fingerprint density at radius 2 is 2.07 bits per heavy atom. The summed E-state index contributed by atoms with van der Waals surface area (Å²) in [4.78, 5) is 23.3. The van der Waals surface area contributed by atoms with Gasteiger partial charge in [0.1, 0.15) is 17.9 Å². The average molecular weight is 427 g/mol. The minimum Gasteiger partial charge on any atom is -0.507 e. The number of aromatic hydroxyl groups is 1. The van der Waals surface area contributed by atoms with E-state index in [4.69, 9.17) is 22.8 Å². The van der Waals surface area contributed by atoms with Crippen LogP contribution < -0.4 is 0 Å². The number of phenolic OH excluding ortho intramolecular Hbond substituents is 1. The predicted octanol–water partition coefficient (Wildman–Crippen LogP) is 2.15. The summed E-state index contributed by atoms with van der Waals surface area (Å²) in [5, 5.41) is 18.0. The SMILES string of the molecule is C#Cc1c(C)c2c(c(O)c1C/C=C(\Cl)C(C)C(C(=O)O)S(C)(=O)=O)C(=O)OC2. The van der Waals surface area contributed by atoms with Crippen molar-refractivity contribution in [1.29, 1.82) is 0 Å². The van der Waals surface area contributed by atoms with Crippen LogP contribution in [0.3, 0.4) is 0 Å². The summed E-state index contributed by atoms with van der Waals surface area (Å²) in [6.07, 6.45) is 7.75. The second-order valence-corrected chi connectivity index (χ2v) is 9.17. The molecular weight excluding hydrogens is 408 g/mol. The lowest BCUT2D eigenvalue weighted by Gasteiger charge is -2.18. The maximum absolute atomic E-state index is 11.9. The second-order valence-electron chi connectivity index (χ2n) is 6.57. The number of rotatable bonds is 6. The van der Waals surface area contributed by atoms with Gasteiger partial charge in [-0.1, -0.05) is 30.5 Å². The molecule has 7 nitrogen and oxygen atoms in total. The maximum atomic E-state index is 11.9. The molecule has 9 heteroatoms. The third-order valence-electron chi connectivity index (χ3n) is 4.74. The molecule has 0 saturated heterocycles. The minimum atomic E-state index is -3.90. The van der Waals surface area contributed by atoms with E-state index in [-0.39, 0.29) is 34.9 Å². The molecule has 2 rings (SSSR count). The minimum absolute atomic E-state index is 0.0130. The number of sulfone groups is 1. The van der Waals surface area contributed by atoms with Gasteiger partial charge in [0.15, 0.2) is 15.1 Å². The molecule has 2 atom stereocenters. The molecule has 0 fully saturated rings. The van der Waals surface area contributed by atoms with Crippen LogP contribution in [0.2, 0.25) is 0 Å². The van der Waals surface area contributed by atoms with E-state index >= 15 is 0 Å². The topological polar surface area (TPSA) is 118 Å². The zero-order chi connectivity index (χ0) is 21.4. The van der Waals surface area contributed by atoms with E-state index in [9.17, 15) is 28.2 Å². The van der Waals surface area contributed by atoms with E-state index < -0.39 is 32.9 Å². The van der Waals surface area contributed by atoms with Crippen molar-refractivity contribution in [3.63, 3.8) is 0 Å². The van der Waals surface area contributed by atoms with Crippen LogP contribution in [0.1, 0.15) is 39.5 Å². The number of hydrogen-bond donors (Lipinski definition) is 2. The Kier molecular flexibility index (Phi) is 6.12. The van der Waals surface area contributed by atoms with Crippen LogP contribution in [0.4, 0.5) is 0 Å². The van der Waals surface area contributed by atoms with Crippen LogP contribution in [-0.4, -0.2) is 42.1 Å². The number of carbonyl (C=O) groups is 2. The molecule has 2 unspecified atom stereocenters. The number of terminal acetylenes is 1. The summed E-state index contributed by atoms with van der Waals surface area (Å²) < 4.78 is 28.5. The summed E-state index contributed by atoms with van der Waals surface area (Å²) in [6.45, 7) is 3.10. The van der Waals surface area contributed by atoms with Crippen LogP contribution in [-0.2, 0) is 32.4 Å². The Bertz CT molecular complexity index is 1030. The molecule has 0 radical (unpaired) electrons. The van der Waals surface area contributed by atoms with Gasteiger partial charge in [0.25, 0.3) is 0 Å². The van der Waals surface area contributed by atoms with Gasteiger partial charge in [0.2, 0.25) is 0 Å². The van der Waals surface area contributed by atoms with Crippen molar-refractivity contribution in [2.75, 3.05) is 6.26 Å². The quantitative estimate of drug-likeness (QED) is 0.528. The first-order valence-corrected chi connectivity index (χ1v) is 10.5. The highest BCUT2D eigenvalue weighted by Crippen LogP contribution is 2.38. The third kappa shape index (κ3) is 3.86. The van der Waals surface area contributed by atoms with Gasteiger partial charge in [-0.2, -0.15) is 0 Å². The highest BCUT2D eigenvalue weighted by Gasteiger charge is 2.36. The Labute approximate surface area is 167 Å². The highest BCUT2D eigenvalue weighted by molar-refractivity contribution is 7.92. The molecule has 1 aromatic carbocycles. The second kappa shape index (κ2) is 7.86. The van der Waals surface area contributed by atoms with Gasteiger partial charge in [0, 0.05) is 33.9 Å². The van der Waals surface area contributed by atoms with E-state index in [1.165, 1.54) is 13.0 Å². The number of carboxylic acid groups (broad SMARTS) is 1. The molecule has 0 aliphatic carbocycles. The fraction of sp³-hybridized carbons (Fsp3) is 0.368. The molecular formula is C19H19ClO7S. The van der Waals surface area contributed by atoms with Crippen molar-refractivity contribution in [1.82, 2.24) is 0 Å². The molecule has 2 N–H and O–H groups in total. The van der Waals surface area contributed by atoms with E-state index in [0.717, 1.165) is 6.26 Å². The predicted molar refractivity (Wildman–Crippen MR) is 103 cm³/mol. The summed E-state index contributed by atoms with van der Waals surface area (Å²) in [5.74, 6) is -1.03. The van der Waals surface area contributed by atoms with Crippen molar-refractivity contribution in [3.8, 4) is 18.1 Å². The number of aliphatic carboxylic acids is 1. The summed E-state index contributed by atoms with van der Waals surface area (Å²) in [6, 6.07) is 0. The normalized spacial score (nSPS) is 16.1. The molecule has 0 saturated carbocycles. The number of carboxylic acids is 1. The number of fused-ring (bicyclic) bond motifs is 1. The van der Waals surface area contributed by atoms with Crippen molar-refractivity contribution < 1.29 is 33.0 Å². The van der Waals surface area contributed by atoms with Crippen LogP contribution in [0.15, 0.2) is 11.1 Å². The number of hydrogen-bond acceptors (Lipinski definition) is 6. The Morgan fingerprint density at radius 3 is 2.57 bits per heavy atom. The average Bonchev–Trinajstić information content (AvgIpc) is 2.96. The highest BCUT2D eigenvalue weighted by atomic mass is 35.5. The number of halogens is 1. The van der Waals surface area contributed by atoms with Gasteiger partial charge >= 0.3 is 11.9 Å². The number of cyclic esters (lactones) is 1. The molecule has 0 aromatic heterocycles. The molecule has 1 heterocycles. The number of ether oxygens (including phenoxy) is 1. The molecule has 0 bridgehead atoms. The monoisotopic (exact) mass is 426 g/mol. The number of carbonyl (C=O) groups excluding carboxylic acids is 1. The first kappa shape index (κ1) is 21.8. The van der Waals surface area contributed by atoms with Crippen LogP contribution in [0, 0.1) is 25.2 Å². The van der Waals surface area contributed by atoms with Crippen LogP contribution in [0.5, 0.6) is 5.75 Å². The standard InChI is InChI=1S/C19H19ClO7S/c1-5-11-9(2)13-8-27-19(24)15(13)16(21)12(11)6-7-14(20)10(3)17(18(22)23)28(4,25)26/h1,7,10,17,21H,6,8H2,2-4H3,(H,22,23)/b14-7-. The Hall–Kier alpha value is -2.50. The molecule has 150 valence electrons. The van der Waals surface area contributed by atoms with Gasteiger partial charge in [-0.3, -0.25) is 4.79 Å². The largest absolute Gasteiger partial charge is 0.507 e. The van der Waals surface area contributed by atoms with Crippen molar-refractivity contribution in [2.45, 2.75) is 32.1 Å². The van der Waals surface area contributed by atoms with Gasteiger partial charge in [0.05, 0.1) is 0 Å². The Morgan fingerprint density at radius 1 is 1.46 bits per heavy atom. The van der Waals surface area contributed by atoms with Gasteiger partial charge in [-0.25, -0.2) is 13.2 Å². The first-order valence-electron chi connectivity index (χ1n) is 8.20. The molecule has 0 amide bonds. The summed E-state index contributed by atoms with van der Waals surface area (Å²) in [5.41, 5.74) is 1.82. The Balaban J connectivity index is 2.48. The van der Waals surface area contributed by atoms with E-state index in [1.807, 2.05) is 0 Å². The molecule has 0 spiro atoms. The summed E-state index contributed by atoms with van der Waals surface area (Å²) >= 11 is 6.17. The lowest BCUT2D eigenvalue weighted by Crippen LogP contribution is -2.35. The molecule has 1 aromatic rings. The van der Waals surface area contributed by atoms with Crippen molar-refractivity contribution in [2.24, 2.45) is 5.92 Å². The number of benzene rings is 1. The number of esters is 1. The van der Waals surface area contributed by atoms with Crippen molar-refractivity contribution >= 4 is 33.4 Å². The van der Waals surface area contributed by atoms with E-state index in [2.05, 4.69) is 5.92 Å².